The van der Waals surface area contributed by atoms with Gasteiger partial charge in [-0.05, 0) is 24.3 Å². The molecule has 0 aliphatic heterocycles. The number of oxazole rings is 1. The average molecular weight is 366 g/mol. The highest BCUT2D eigenvalue weighted by molar-refractivity contribution is 7.14. The number of anilines is 1. The third kappa shape index (κ3) is 3.27. The molecule has 4 aromatic rings. The maximum atomic E-state index is 12.2. The zero-order valence-corrected chi connectivity index (χ0v) is 14.4. The van der Waals surface area contributed by atoms with Gasteiger partial charge >= 0.3 is 5.76 Å². The number of hydrogen-bond acceptors (Lipinski definition) is 6. The number of aromatic nitrogens is 3. The lowest BCUT2D eigenvalue weighted by Gasteiger charge is -2.03. The van der Waals surface area contributed by atoms with E-state index in [4.69, 9.17) is 4.42 Å². The van der Waals surface area contributed by atoms with Crippen LogP contribution in [-0.2, 0) is 11.3 Å². The third-order valence-corrected chi connectivity index (χ3v) is 4.60. The summed E-state index contributed by atoms with van der Waals surface area (Å²) in [5.74, 6) is -0.679. The molecule has 7 nitrogen and oxygen atoms in total. The summed E-state index contributed by atoms with van der Waals surface area (Å²) in [7, 11) is 0. The molecule has 0 spiro atoms. The molecular weight excluding hydrogens is 352 g/mol. The van der Waals surface area contributed by atoms with Crippen LogP contribution in [0.3, 0.4) is 0 Å². The predicted octanol–water partition coefficient (Wildman–Crippen LogP) is 3.14. The van der Waals surface area contributed by atoms with Crippen LogP contribution >= 0.6 is 11.3 Å². The summed E-state index contributed by atoms with van der Waals surface area (Å²) in [6.07, 6.45) is 3.56. The van der Waals surface area contributed by atoms with Crippen LogP contribution in [0.1, 0.15) is 6.42 Å². The Morgan fingerprint density at radius 3 is 2.96 bits per heavy atom. The number of pyridine rings is 1. The lowest BCUT2D eigenvalue weighted by molar-refractivity contribution is -0.116. The molecule has 3 heterocycles. The molecule has 4 rings (SSSR count). The number of carbonyl (C=O) groups excluding carboxylic acids is 1. The zero-order valence-electron chi connectivity index (χ0n) is 13.6. The van der Waals surface area contributed by atoms with E-state index < -0.39 is 5.76 Å². The number of amides is 1. The van der Waals surface area contributed by atoms with Gasteiger partial charge in [0.2, 0.25) is 5.91 Å². The van der Waals surface area contributed by atoms with E-state index in [0.29, 0.717) is 16.2 Å². The largest absolute Gasteiger partial charge is 0.419 e. The first-order valence-corrected chi connectivity index (χ1v) is 8.83. The lowest BCUT2D eigenvalue weighted by Crippen LogP contribution is -2.19. The fraction of sp³-hybridized carbons (Fsp3) is 0.111. The predicted molar refractivity (Wildman–Crippen MR) is 99.1 cm³/mol. The summed E-state index contributed by atoms with van der Waals surface area (Å²) in [5.41, 5.74) is 2.84. The number of aryl methyl sites for hydroxylation is 1. The Labute approximate surface area is 151 Å². The van der Waals surface area contributed by atoms with Crippen molar-refractivity contribution in [2.75, 3.05) is 5.32 Å². The summed E-state index contributed by atoms with van der Waals surface area (Å²) in [4.78, 5) is 32.6. The molecule has 0 atom stereocenters. The van der Waals surface area contributed by atoms with Crippen LogP contribution in [0.25, 0.3) is 22.4 Å². The molecule has 0 aliphatic carbocycles. The highest BCUT2D eigenvalue weighted by Gasteiger charge is 2.12. The van der Waals surface area contributed by atoms with E-state index in [9.17, 15) is 9.59 Å². The standard InChI is InChI=1S/C18H14N4O3S/c23-16(7-9-22-14-5-1-2-6-15(14)25-18(22)24)21-17-20-13(11-26-17)12-4-3-8-19-10-12/h1-6,8,10-11H,7,9H2,(H,20,21,23). The Balaban J connectivity index is 1.42. The van der Waals surface area contributed by atoms with E-state index in [2.05, 4.69) is 15.3 Å². The number of nitrogens with one attached hydrogen (secondary N) is 1. The van der Waals surface area contributed by atoms with Crippen molar-refractivity contribution in [2.24, 2.45) is 0 Å². The Morgan fingerprint density at radius 2 is 2.12 bits per heavy atom. The minimum absolute atomic E-state index is 0.144. The zero-order chi connectivity index (χ0) is 17.9. The van der Waals surface area contributed by atoms with Gasteiger partial charge in [-0.15, -0.1) is 11.3 Å². The first kappa shape index (κ1) is 16.2. The molecule has 0 fully saturated rings. The van der Waals surface area contributed by atoms with Crippen molar-refractivity contribution in [2.45, 2.75) is 13.0 Å². The fourth-order valence-electron chi connectivity index (χ4n) is 2.60. The topological polar surface area (TPSA) is 90.0 Å². The molecule has 130 valence electrons. The van der Waals surface area contributed by atoms with Crippen LogP contribution in [0, 0.1) is 0 Å². The smallest absolute Gasteiger partial charge is 0.408 e. The van der Waals surface area contributed by atoms with Gasteiger partial charge in [0.15, 0.2) is 10.7 Å². The van der Waals surface area contributed by atoms with E-state index in [1.54, 1.807) is 30.6 Å². The van der Waals surface area contributed by atoms with Crippen molar-refractivity contribution in [3.05, 3.63) is 64.7 Å². The van der Waals surface area contributed by atoms with E-state index >= 15 is 0 Å². The van der Waals surface area contributed by atoms with Gasteiger partial charge in [-0.2, -0.15) is 0 Å². The highest BCUT2D eigenvalue weighted by Crippen LogP contribution is 2.24. The van der Waals surface area contributed by atoms with Crippen LogP contribution < -0.4 is 11.1 Å². The molecule has 0 aliphatic rings. The second kappa shape index (κ2) is 6.93. The summed E-state index contributed by atoms with van der Waals surface area (Å²) in [6, 6.07) is 10.9. The second-order valence-corrected chi connectivity index (χ2v) is 6.42. The molecule has 3 aromatic heterocycles. The monoisotopic (exact) mass is 366 g/mol. The summed E-state index contributed by atoms with van der Waals surface area (Å²) < 4.78 is 6.62. The normalized spacial score (nSPS) is 10.9. The van der Waals surface area contributed by atoms with Gasteiger partial charge < -0.3 is 9.73 Å². The SMILES string of the molecule is O=C(CCn1c(=O)oc2ccccc21)Nc1nc(-c2cccnc2)cs1. The van der Waals surface area contributed by atoms with Gasteiger partial charge in [0, 0.05) is 36.3 Å². The molecule has 1 N–H and O–H groups in total. The van der Waals surface area contributed by atoms with Crippen molar-refractivity contribution >= 4 is 33.5 Å². The number of nitrogens with zero attached hydrogens (tertiary/aromatic N) is 3. The molecule has 0 saturated carbocycles. The first-order chi connectivity index (χ1) is 12.7. The van der Waals surface area contributed by atoms with Crippen molar-refractivity contribution < 1.29 is 9.21 Å². The second-order valence-electron chi connectivity index (χ2n) is 5.57. The molecule has 1 aromatic carbocycles. The fourth-order valence-corrected chi connectivity index (χ4v) is 3.33. The lowest BCUT2D eigenvalue weighted by atomic mass is 10.2. The minimum Gasteiger partial charge on any atom is -0.408 e. The van der Waals surface area contributed by atoms with Crippen LogP contribution in [0.5, 0.6) is 0 Å². The molecule has 8 heteroatoms. The summed E-state index contributed by atoms with van der Waals surface area (Å²) >= 11 is 1.34. The summed E-state index contributed by atoms with van der Waals surface area (Å²) in [6.45, 7) is 0.239. The number of benzene rings is 1. The molecule has 0 bridgehead atoms. The Kier molecular flexibility index (Phi) is 4.32. The summed E-state index contributed by atoms with van der Waals surface area (Å²) in [5, 5.41) is 5.14. The van der Waals surface area contributed by atoms with Gasteiger partial charge in [0.1, 0.15) is 0 Å². The van der Waals surface area contributed by atoms with Crippen LogP contribution in [0.4, 0.5) is 5.13 Å². The maximum absolute atomic E-state index is 12.2. The number of rotatable bonds is 5. The van der Waals surface area contributed by atoms with Gasteiger partial charge in [0.05, 0.1) is 11.2 Å². The Morgan fingerprint density at radius 1 is 1.23 bits per heavy atom. The van der Waals surface area contributed by atoms with Gasteiger partial charge in [-0.1, -0.05) is 12.1 Å². The number of carbonyl (C=O) groups is 1. The third-order valence-electron chi connectivity index (χ3n) is 3.84. The molecular formula is C18H14N4O3S. The minimum atomic E-state index is -0.466. The maximum Gasteiger partial charge on any atom is 0.419 e. The first-order valence-electron chi connectivity index (χ1n) is 7.95. The van der Waals surface area contributed by atoms with Crippen molar-refractivity contribution in [1.29, 1.82) is 0 Å². The average Bonchev–Trinajstić information content (AvgIpc) is 3.24. The van der Waals surface area contributed by atoms with E-state index in [0.717, 1.165) is 11.3 Å². The van der Waals surface area contributed by atoms with Gasteiger partial charge in [-0.25, -0.2) is 9.78 Å². The van der Waals surface area contributed by atoms with E-state index in [1.807, 2.05) is 23.6 Å². The molecule has 26 heavy (non-hydrogen) atoms. The van der Waals surface area contributed by atoms with Crippen LogP contribution in [0.15, 0.2) is 63.4 Å². The molecule has 0 saturated heterocycles. The number of thiazole rings is 1. The number of para-hydroxylation sites is 2. The van der Waals surface area contributed by atoms with E-state index in [-0.39, 0.29) is 18.9 Å². The van der Waals surface area contributed by atoms with Crippen LogP contribution in [0.2, 0.25) is 0 Å². The Bertz CT molecular complexity index is 1110. The molecule has 0 radical (unpaired) electrons. The van der Waals surface area contributed by atoms with Gasteiger partial charge in [-0.3, -0.25) is 14.3 Å². The van der Waals surface area contributed by atoms with Crippen molar-refractivity contribution in [1.82, 2.24) is 14.5 Å². The molecule has 0 unspecified atom stereocenters. The highest BCUT2D eigenvalue weighted by atomic mass is 32.1. The molecule has 1 amide bonds. The van der Waals surface area contributed by atoms with E-state index in [1.165, 1.54) is 15.9 Å². The van der Waals surface area contributed by atoms with Crippen LogP contribution in [-0.4, -0.2) is 20.4 Å². The quantitative estimate of drug-likeness (QED) is 0.586. The Hall–Kier alpha value is -3.26. The van der Waals surface area contributed by atoms with Crippen molar-refractivity contribution in [3.63, 3.8) is 0 Å². The van der Waals surface area contributed by atoms with Crippen molar-refractivity contribution in [3.8, 4) is 11.3 Å². The number of hydrogen-bond donors (Lipinski definition) is 1. The van der Waals surface area contributed by atoms with Gasteiger partial charge in [0.25, 0.3) is 0 Å². The number of fused-ring (bicyclic) bond motifs is 1.